The number of aryl methyl sites for hydroxylation is 2. The van der Waals surface area contributed by atoms with Crippen LogP contribution in [0, 0.1) is 19.7 Å². The van der Waals surface area contributed by atoms with Gasteiger partial charge >= 0.3 is 0 Å². The van der Waals surface area contributed by atoms with Crippen molar-refractivity contribution in [3.63, 3.8) is 0 Å². The first kappa shape index (κ1) is 18.1. The van der Waals surface area contributed by atoms with Gasteiger partial charge in [0.05, 0.1) is 23.8 Å². The highest BCUT2D eigenvalue weighted by molar-refractivity contribution is 5.78. The molecule has 0 unspecified atom stereocenters. The fourth-order valence-corrected chi connectivity index (χ4v) is 3.48. The summed E-state index contributed by atoms with van der Waals surface area (Å²) in [6.45, 7) is 3.63. The van der Waals surface area contributed by atoms with Crippen LogP contribution in [-0.4, -0.2) is 19.3 Å². The molecule has 3 heterocycles. The van der Waals surface area contributed by atoms with Crippen LogP contribution in [-0.2, 0) is 0 Å². The SMILES string of the molecule is Cc1ccc(-n2c(-c3ccco3)nc3c(cnn3-c3ccccc3C)c2=O)cc1F. The number of furan rings is 1. The lowest BCUT2D eigenvalue weighted by atomic mass is 10.2. The minimum absolute atomic E-state index is 0.274. The van der Waals surface area contributed by atoms with Gasteiger partial charge in [-0.2, -0.15) is 5.10 Å². The number of hydrogen-bond donors (Lipinski definition) is 0. The molecule has 0 fully saturated rings. The predicted octanol–water partition coefficient (Wildman–Crippen LogP) is 4.59. The van der Waals surface area contributed by atoms with Gasteiger partial charge in [-0.05, 0) is 55.3 Å². The van der Waals surface area contributed by atoms with Crippen molar-refractivity contribution in [1.82, 2.24) is 19.3 Å². The van der Waals surface area contributed by atoms with Crippen molar-refractivity contribution in [1.29, 1.82) is 0 Å². The molecule has 0 saturated carbocycles. The zero-order chi connectivity index (χ0) is 20.8. The van der Waals surface area contributed by atoms with E-state index in [0.717, 1.165) is 11.3 Å². The zero-order valence-electron chi connectivity index (χ0n) is 16.3. The molecule has 7 heteroatoms. The number of aromatic nitrogens is 4. The number of nitrogens with zero attached hydrogens (tertiary/aromatic N) is 4. The Hall–Kier alpha value is -4.00. The van der Waals surface area contributed by atoms with Gasteiger partial charge in [0, 0.05) is 0 Å². The molecular weight excluding hydrogens is 383 g/mol. The number of rotatable bonds is 3. The number of benzene rings is 2. The molecule has 0 N–H and O–H groups in total. The first-order chi connectivity index (χ1) is 14.5. The summed E-state index contributed by atoms with van der Waals surface area (Å²) >= 11 is 0. The van der Waals surface area contributed by atoms with Crippen LogP contribution >= 0.6 is 0 Å². The molecule has 5 rings (SSSR count). The minimum Gasteiger partial charge on any atom is -0.461 e. The molecule has 6 nitrogen and oxygen atoms in total. The van der Waals surface area contributed by atoms with E-state index in [-0.39, 0.29) is 11.4 Å². The van der Waals surface area contributed by atoms with Gasteiger partial charge in [-0.3, -0.25) is 9.36 Å². The number of hydrogen-bond acceptors (Lipinski definition) is 4. The van der Waals surface area contributed by atoms with E-state index in [2.05, 4.69) is 5.10 Å². The van der Waals surface area contributed by atoms with Crippen LogP contribution in [0.15, 0.2) is 76.3 Å². The van der Waals surface area contributed by atoms with Gasteiger partial charge in [0.2, 0.25) is 0 Å². The van der Waals surface area contributed by atoms with Crippen molar-refractivity contribution in [2.24, 2.45) is 0 Å². The molecular formula is C23H17FN4O2. The van der Waals surface area contributed by atoms with Crippen molar-refractivity contribution in [2.45, 2.75) is 13.8 Å². The lowest BCUT2D eigenvalue weighted by molar-refractivity contribution is 0.574. The van der Waals surface area contributed by atoms with E-state index in [1.165, 1.54) is 23.1 Å². The molecule has 0 aliphatic rings. The molecule has 0 bridgehead atoms. The quantitative estimate of drug-likeness (QED) is 0.444. The largest absolute Gasteiger partial charge is 0.461 e. The van der Waals surface area contributed by atoms with Crippen LogP contribution in [0.25, 0.3) is 34.0 Å². The van der Waals surface area contributed by atoms with Gasteiger partial charge in [0.1, 0.15) is 11.2 Å². The highest BCUT2D eigenvalue weighted by atomic mass is 19.1. The van der Waals surface area contributed by atoms with Crippen molar-refractivity contribution >= 4 is 11.0 Å². The van der Waals surface area contributed by atoms with E-state index in [9.17, 15) is 9.18 Å². The third-order valence-corrected chi connectivity index (χ3v) is 5.10. The molecule has 0 amide bonds. The fourth-order valence-electron chi connectivity index (χ4n) is 3.48. The van der Waals surface area contributed by atoms with E-state index in [4.69, 9.17) is 9.40 Å². The van der Waals surface area contributed by atoms with Crippen LogP contribution in [0.4, 0.5) is 4.39 Å². The molecule has 148 valence electrons. The summed E-state index contributed by atoms with van der Waals surface area (Å²) in [6.07, 6.45) is 2.99. The normalized spacial score (nSPS) is 11.3. The van der Waals surface area contributed by atoms with Crippen LogP contribution in [0.5, 0.6) is 0 Å². The Morgan fingerprint density at radius 2 is 1.83 bits per heavy atom. The first-order valence-corrected chi connectivity index (χ1v) is 9.42. The van der Waals surface area contributed by atoms with Gasteiger partial charge < -0.3 is 4.42 Å². The first-order valence-electron chi connectivity index (χ1n) is 9.42. The lowest BCUT2D eigenvalue weighted by Gasteiger charge is -2.13. The van der Waals surface area contributed by atoms with E-state index in [1.54, 1.807) is 35.9 Å². The Bertz CT molecular complexity index is 1450. The Morgan fingerprint density at radius 1 is 1.00 bits per heavy atom. The Labute approximate surface area is 170 Å². The van der Waals surface area contributed by atoms with E-state index < -0.39 is 5.82 Å². The molecule has 0 aliphatic carbocycles. The predicted molar refractivity (Wildman–Crippen MR) is 112 cm³/mol. The summed E-state index contributed by atoms with van der Waals surface area (Å²) in [4.78, 5) is 18.2. The summed E-state index contributed by atoms with van der Waals surface area (Å²) < 4.78 is 22.8. The van der Waals surface area contributed by atoms with Crippen molar-refractivity contribution in [3.05, 3.63) is 94.4 Å². The third-order valence-electron chi connectivity index (χ3n) is 5.10. The third kappa shape index (κ3) is 2.75. The average molecular weight is 400 g/mol. The second kappa shape index (κ2) is 6.81. The summed E-state index contributed by atoms with van der Waals surface area (Å²) in [6, 6.07) is 15.8. The number of fused-ring (bicyclic) bond motifs is 1. The Balaban J connectivity index is 1.86. The molecule has 30 heavy (non-hydrogen) atoms. The molecule has 0 aliphatic heterocycles. The van der Waals surface area contributed by atoms with Crippen LogP contribution < -0.4 is 5.56 Å². The Morgan fingerprint density at radius 3 is 2.57 bits per heavy atom. The van der Waals surface area contributed by atoms with E-state index >= 15 is 0 Å². The highest BCUT2D eigenvalue weighted by Crippen LogP contribution is 2.25. The van der Waals surface area contributed by atoms with Crippen molar-refractivity contribution < 1.29 is 8.81 Å². The summed E-state index contributed by atoms with van der Waals surface area (Å²) in [5.41, 5.74) is 2.73. The molecule has 2 aromatic carbocycles. The second-order valence-corrected chi connectivity index (χ2v) is 7.07. The fraction of sp³-hybridized carbons (Fsp3) is 0.0870. The lowest BCUT2D eigenvalue weighted by Crippen LogP contribution is -2.22. The summed E-state index contributed by atoms with van der Waals surface area (Å²) in [5.74, 6) is 0.268. The van der Waals surface area contributed by atoms with E-state index in [1.807, 2.05) is 31.2 Å². The topological polar surface area (TPSA) is 65.8 Å². The van der Waals surface area contributed by atoms with Gasteiger partial charge in [-0.15, -0.1) is 0 Å². The van der Waals surface area contributed by atoms with Gasteiger partial charge in [0.25, 0.3) is 5.56 Å². The molecule has 0 saturated heterocycles. The molecule has 3 aromatic heterocycles. The minimum atomic E-state index is -0.402. The van der Waals surface area contributed by atoms with Gasteiger partial charge in [-0.25, -0.2) is 14.1 Å². The standard InChI is InChI=1S/C23H17FN4O2/c1-14-9-10-16(12-18(14)24)27-22(20-8-5-11-30-20)26-21-17(23(27)29)13-25-28(21)19-7-4-3-6-15(19)2/h3-13H,1-2H3. The van der Waals surface area contributed by atoms with Crippen LogP contribution in [0.2, 0.25) is 0 Å². The zero-order valence-corrected chi connectivity index (χ0v) is 16.3. The summed E-state index contributed by atoms with van der Waals surface area (Å²) in [5, 5.41) is 4.74. The Kier molecular flexibility index (Phi) is 4.10. The second-order valence-electron chi connectivity index (χ2n) is 7.07. The molecule has 0 atom stereocenters. The number of halogens is 1. The molecule has 5 aromatic rings. The maximum atomic E-state index is 14.3. The van der Waals surface area contributed by atoms with Crippen molar-refractivity contribution in [2.75, 3.05) is 0 Å². The maximum Gasteiger partial charge on any atom is 0.269 e. The van der Waals surface area contributed by atoms with E-state index in [0.29, 0.717) is 28.0 Å². The summed E-state index contributed by atoms with van der Waals surface area (Å²) in [7, 11) is 0. The number of para-hydroxylation sites is 1. The maximum absolute atomic E-state index is 14.3. The average Bonchev–Trinajstić information content (AvgIpc) is 3.41. The van der Waals surface area contributed by atoms with Crippen molar-refractivity contribution in [3.8, 4) is 23.0 Å². The van der Waals surface area contributed by atoms with Gasteiger partial charge in [-0.1, -0.05) is 24.3 Å². The molecule has 0 radical (unpaired) electrons. The molecule has 0 spiro atoms. The highest BCUT2D eigenvalue weighted by Gasteiger charge is 2.20. The van der Waals surface area contributed by atoms with Gasteiger partial charge in [0.15, 0.2) is 17.2 Å². The smallest absolute Gasteiger partial charge is 0.269 e. The van der Waals surface area contributed by atoms with Crippen LogP contribution in [0.1, 0.15) is 11.1 Å². The monoisotopic (exact) mass is 400 g/mol. The van der Waals surface area contributed by atoms with Crippen LogP contribution in [0.3, 0.4) is 0 Å².